The molecule has 0 aromatic heterocycles. The number of hydrogen-bond acceptors (Lipinski definition) is 4. The number of halogens is 1. The second-order valence-corrected chi connectivity index (χ2v) is 14.4. The number of nitrogens with zero attached hydrogens (tertiary/aromatic N) is 2. The van der Waals surface area contributed by atoms with E-state index in [1.54, 1.807) is 48.5 Å². The molecule has 4 rings (SSSR count). The van der Waals surface area contributed by atoms with E-state index in [4.69, 9.17) is 0 Å². The average molecular weight is 691 g/mol. The Balaban J connectivity index is 1.80. The van der Waals surface area contributed by atoms with Crippen LogP contribution in [-0.2, 0) is 32.6 Å². The second-order valence-electron chi connectivity index (χ2n) is 11.6. The summed E-state index contributed by atoms with van der Waals surface area (Å²) < 4.78 is 30.2. The van der Waals surface area contributed by atoms with Crippen molar-refractivity contribution >= 4 is 43.5 Å². The van der Waals surface area contributed by atoms with Crippen molar-refractivity contribution in [3.63, 3.8) is 0 Å². The molecule has 0 spiro atoms. The van der Waals surface area contributed by atoms with Crippen LogP contribution in [0.5, 0.6) is 0 Å². The summed E-state index contributed by atoms with van der Waals surface area (Å²) in [5.74, 6) is -0.567. The summed E-state index contributed by atoms with van der Waals surface area (Å²) in [6.45, 7) is 7.95. The molecule has 0 heterocycles. The number of sulfonamides is 1. The summed E-state index contributed by atoms with van der Waals surface area (Å²) in [6, 6.07) is 29.7. The van der Waals surface area contributed by atoms with Crippen LogP contribution in [0.3, 0.4) is 0 Å². The van der Waals surface area contributed by atoms with E-state index in [-0.39, 0.29) is 29.7 Å². The highest BCUT2D eigenvalue weighted by Gasteiger charge is 2.34. The molecule has 0 aliphatic carbocycles. The van der Waals surface area contributed by atoms with Gasteiger partial charge in [0, 0.05) is 24.0 Å². The molecule has 45 heavy (non-hydrogen) atoms. The lowest BCUT2D eigenvalue weighted by Gasteiger charge is -2.34. The van der Waals surface area contributed by atoms with Crippen molar-refractivity contribution in [2.75, 3.05) is 17.4 Å². The number of carbonyl (C=O) groups is 2. The lowest BCUT2D eigenvalue weighted by molar-refractivity contribution is -0.140. The highest BCUT2D eigenvalue weighted by atomic mass is 79.9. The zero-order valence-electron chi connectivity index (χ0n) is 26.1. The molecule has 1 atom stereocenters. The first-order valence-corrected chi connectivity index (χ1v) is 17.2. The van der Waals surface area contributed by atoms with E-state index >= 15 is 0 Å². The van der Waals surface area contributed by atoms with E-state index in [0.29, 0.717) is 12.2 Å². The summed E-state index contributed by atoms with van der Waals surface area (Å²) in [6.07, 6.45) is 0.269. The van der Waals surface area contributed by atoms with Gasteiger partial charge in [-0.15, -0.1) is 0 Å². The minimum absolute atomic E-state index is 0.0739. The number of amides is 2. The van der Waals surface area contributed by atoms with E-state index in [1.165, 1.54) is 4.90 Å². The van der Waals surface area contributed by atoms with Crippen LogP contribution in [0.4, 0.5) is 5.69 Å². The highest BCUT2D eigenvalue weighted by Crippen LogP contribution is 2.27. The molecule has 4 aromatic carbocycles. The van der Waals surface area contributed by atoms with Crippen LogP contribution in [0.15, 0.2) is 112 Å². The predicted molar refractivity (Wildman–Crippen MR) is 183 cm³/mol. The summed E-state index contributed by atoms with van der Waals surface area (Å²) in [7, 11) is -4.15. The summed E-state index contributed by atoms with van der Waals surface area (Å²) in [5.41, 5.74) is 3.99. The Hall–Kier alpha value is -3.95. The molecule has 0 bridgehead atoms. The number of hydrogen-bond donors (Lipinski definition) is 1. The first kappa shape index (κ1) is 33.9. The number of anilines is 1. The van der Waals surface area contributed by atoms with Gasteiger partial charge in [-0.2, -0.15) is 0 Å². The molecular weight excluding hydrogens is 650 g/mol. The van der Waals surface area contributed by atoms with Gasteiger partial charge >= 0.3 is 0 Å². The Labute approximate surface area is 275 Å². The van der Waals surface area contributed by atoms with Gasteiger partial charge in [-0.05, 0) is 72.9 Å². The summed E-state index contributed by atoms with van der Waals surface area (Å²) in [4.78, 5) is 30.0. The fourth-order valence-corrected chi connectivity index (χ4v) is 6.60. The maximum Gasteiger partial charge on any atom is 0.264 e. The van der Waals surface area contributed by atoms with Crippen LogP contribution in [0, 0.1) is 19.8 Å². The van der Waals surface area contributed by atoms with Gasteiger partial charge in [0.2, 0.25) is 11.8 Å². The monoisotopic (exact) mass is 689 g/mol. The molecule has 7 nitrogen and oxygen atoms in total. The van der Waals surface area contributed by atoms with Crippen LogP contribution in [0.2, 0.25) is 0 Å². The van der Waals surface area contributed by atoms with Crippen LogP contribution >= 0.6 is 15.9 Å². The quantitative estimate of drug-likeness (QED) is 0.170. The topological polar surface area (TPSA) is 86.8 Å². The zero-order chi connectivity index (χ0) is 32.6. The van der Waals surface area contributed by atoms with Gasteiger partial charge < -0.3 is 10.2 Å². The van der Waals surface area contributed by atoms with Crippen molar-refractivity contribution in [2.45, 2.75) is 51.6 Å². The van der Waals surface area contributed by atoms with E-state index in [0.717, 1.165) is 31.0 Å². The molecule has 4 aromatic rings. The third-order valence-electron chi connectivity index (χ3n) is 7.56. The predicted octanol–water partition coefficient (Wildman–Crippen LogP) is 6.67. The smallest absolute Gasteiger partial charge is 0.264 e. The van der Waals surface area contributed by atoms with E-state index in [9.17, 15) is 18.0 Å². The van der Waals surface area contributed by atoms with Crippen molar-refractivity contribution < 1.29 is 18.0 Å². The Morgan fingerprint density at radius 3 is 2.07 bits per heavy atom. The van der Waals surface area contributed by atoms with E-state index in [1.807, 2.05) is 82.3 Å². The lowest BCUT2D eigenvalue weighted by atomic mass is 10.0. The number of nitrogens with one attached hydrogen (secondary N) is 1. The van der Waals surface area contributed by atoms with Gasteiger partial charge in [0.15, 0.2) is 0 Å². The molecule has 0 fully saturated rings. The van der Waals surface area contributed by atoms with Crippen molar-refractivity contribution in [2.24, 2.45) is 5.92 Å². The average Bonchev–Trinajstić information content (AvgIpc) is 3.02. The third kappa shape index (κ3) is 9.05. The van der Waals surface area contributed by atoms with Crippen LogP contribution in [0.1, 0.15) is 36.1 Å². The molecule has 0 saturated heterocycles. The normalized spacial score (nSPS) is 12.0. The molecule has 0 aliphatic heterocycles. The van der Waals surface area contributed by atoms with Crippen LogP contribution in [-0.4, -0.2) is 44.3 Å². The van der Waals surface area contributed by atoms with Gasteiger partial charge in [0.05, 0.1) is 10.6 Å². The minimum atomic E-state index is -4.15. The van der Waals surface area contributed by atoms with Crippen molar-refractivity contribution in [1.29, 1.82) is 0 Å². The third-order valence-corrected chi connectivity index (χ3v) is 9.88. The maximum absolute atomic E-state index is 14.5. The molecule has 0 radical (unpaired) electrons. The first-order chi connectivity index (χ1) is 21.5. The molecule has 9 heteroatoms. The SMILES string of the molecule is Cc1ccc(S(=O)(=O)N(CC(=O)N(Cc2ccccc2C)C(Cc2ccccc2)C(=O)NCC(C)C)c2ccc(Br)cc2)cc1. The van der Waals surface area contributed by atoms with Gasteiger partial charge in [0.25, 0.3) is 10.0 Å². The maximum atomic E-state index is 14.5. The molecule has 0 aliphatic rings. The van der Waals surface area contributed by atoms with E-state index in [2.05, 4.69) is 21.2 Å². The zero-order valence-corrected chi connectivity index (χ0v) is 28.5. The molecule has 2 amide bonds. The Kier molecular flexibility index (Phi) is 11.6. The van der Waals surface area contributed by atoms with Crippen molar-refractivity contribution in [1.82, 2.24) is 10.2 Å². The lowest BCUT2D eigenvalue weighted by Crippen LogP contribution is -2.53. The highest BCUT2D eigenvalue weighted by molar-refractivity contribution is 9.10. The van der Waals surface area contributed by atoms with Gasteiger partial charge in [-0.25, -0.2) is 8.42 Å². The minimum Gasteiger partial charge on any atom is -0.354 e. The van der Waals surface area contributed by atoms with E-state index < -0.39 is 28.5 Å². The number of benzene rings is 4. The fourth-order valence-electron chi connectivity index (χ4n) is 4.92. The molecule has 1 N–H and O–H groups in total. The standard InChI is InChI=1S/C36H40BrN3O4S/c1-26(2)23-38-36(42)34(22-29-11-6-5-7-12-29)39(24-30-13-9-8-10-28(30)4)35(41)25-40(32-18-16-31(37)17-19-32)45(43,44)33-20-14-27(3)15-21-33/h5-21,26,34H,22-25H2,1-4H3,(H,38,42). The largest absolute Gasteiger partial charge is 0.354 e. The van der Waals surface area contributed by atoms with Crippen molar-refractivity contribution in [3.05, 3.63) is 130 Å². The van der Waals surface area contributed by atoms with Crippen LogP contribution in [0.25, 0.3) is 0 Å². The van der Waals surface area contributed by atoms with Gasteiger partial charge in [0.1, 0.15) is 12.6 Å². The number of aryl methyl sites for hydroxylation is 2. The molecular formula is C36H40BrN3O4S. The van der Waals surface area contributed by atoms with Crippen LogP contribution < -0.4 is 9.62 Å². The molecule has 0 saturated carbocycles. The number of rotatable bonds is 13. The Bertz CT molecular complexity index is 1690. The molecule has 1 unspecified atom stereocenters. The van der Waals surface area contributed by atoms with Gasteiger partial charge in [-0.1, -0.05) is 102 Å². The fraction of sp³-hybridized carbons (Fsp3) is 0.278. The number of carbonyl (C=O) groups excluding carboxylic acids is 2. The van der Waals surface area contributed by atoms with Crippen molar-refractivity contribution in [3.8, 4) is 0 Å². The Morgan fingerprint density at radius 2 is 1.44 bits per heavy atom. The Morgan fingerprint density at radius 1 is 0.822 bits per heavy atom. The van der Waals surface area contributed by atoms with Gasteiger partial charge in [-0.3, -0.25) is 13.9 Å². The summed E-state index contributed by atoms with van der Waals surface area (Å²) >= 11 is 3.42. The second kappa shape index (κ2) is 15.4. The first-order valence-electron chi connectivity index (χ1n) is 15.0. The summed E-state index contributed by atoms with van der Waals surface area (Å²) in [5, 5.41) is 3.02. The molecule has 236 valence electrons.